The molecule has 5 heteroatoms. The third-order valence-corrected chi connectivity index (χ3v) is 5.13. The topological polar surface area (TPSA) is 58.2 Å². The molecule has 118 valence electrons. The minimum Gasteiger partial charge on any atom is -0.310 e. The Kier molecular flexibility index (Phi) is 5.41. The van der Waals surface area contributed by atoms with Gasteiger partial charge in [0.05, 0.1) is 4.90 Å². The van der Waals surface area contributed by atoms with Gasteiger partial charge in [-0.15, -0.1) is 0 Å². The molecule has 0 radical (unpaired) electrons. The van der Waals surface area contributed by atoms with Crippen molar-refractivity contribution in [1.29, 1.82) is 0 Å². The summed E-state index contributed by atoms with van der Waals surface area (Å²) in [6.07, 6.45) is 3.38. The summed E-state index contributed by atoms with van der Waals surface area (Å²) < 4.78 is 27.3. The molecule has 0 spiro atoms. The van der Waals surface area contributed by atoms with Gasteiger partial charge in [-0.1, -0.05) is 26.8 Å². The molecule has 1 aliphatic rings. The van der Waals surface area contributed by atoms with Crippen molar-refractivity contribution in [2.75, 3.05) is 6.54 Å². The number of nitrogens with one attached hydrogen (secondary N) is 2. The zero-order valence-corrected chi connectivity index (χ0v) is 14.0. The van der Waals surface area contributed by atoms with Gasteiger partial charge in [0, 0.05) is 19.1 Å². The highest BCUT2D eigenvalue weighted by Gasteiger charge is 2.21. The summed E-state index contributed by atoms with van der Waals surface area (Å²) in [6.45, 7) is 7.30. The molecule has 0 saturated heterocycles. The van der Waals surface area contributed by atoms with E-state index in [4.69, 9.17) is 0 Å². The molecule has 2 N–H and O–H groups in total. The Hall–Kier alpha value is -0.910. The van der Waals surface area contributed by atoms with Crippen LogP contribution in [0, 0.1) is 5.92 Å². The lowest BCUT2D eigenvalue weighted by atomic mass is 10.1. The van der Waals surface area contributed by atoms with Crippen LogP contribution in [0.25, 0.3) is 0 Å². The van der Waals surface area contributed by atoms with Crippen molar-refractivity contribution in [3.63, 3.8) is 0 Å². The maximum Gasteiger partial charge on any atom is 0.240 e. The zero-order valence-electron chi connectivity index (χ0n) is 13.1. The number of aryl methyl sites for hydroxylation is 1. The van der Waals surface area contributed by atoms with E-state index in [1.54, 1.807) is 6.07 Å². The molecule has 0 aromatic heterocycles. The minimum absolute atomic E-state index is 0.297. The predicted molar refractivity (Wildman–Crippen MR) is 85.7 cm³/mol. The number of hydrogen-bond donors (Lipinski definition) is 2. The fourth-order valence-electron chi connectivity index (χ4n) is 2.18. The van der Waals surface area contributed by atoms with E-state index in [1.165, 1.54) is 18.4 Å². The number of benzene rings is 1. The molecule has 21 heavy (non-hydrogen) atoms. The van der Waals surface area contributed by atoms with Gasteiger partial charge in [0.15, 0.2) is 0 Å². The molecule has 1 aliphatic carbocycles. The number of hydrogen-bond acceptors (Lipinski definition) is 3. The van der Waals surface area contributed by atoms with Crippen molar-refractivity contribution in [2.45, 2.75) is 57.5 Å². The van der Waals surface area contributed by atoms with Crippen molar-refractivity contribution in [1.82, 2.24) is 10.0 Å². The molecule has 0 atom stereocenters. The predicted octanol–water partition coefficient (Wildman–Crippen LogP) is 2.44. The van der Waals surface area contributed by atoms with Crippen LogP contribution < -0.4 is 10.0 Å². The van der Waals surface area contributed by atoms with Gasteiger partial charge in [-0.25, -0.2) is 13.1 Å². The van der Waals surface area contributed by atoms with Gasteiger partial charge in [0.1, 0.15) is 0 Å². The molecular formula is C16H26N2O2S. The summed E-state index contributed by atoms with van der Waals surface area (Å²) in [5.41, 5.74) is 2.31. The smallest absolute Gasteiger partial charge is 0.240 e. The molecule has 1 saturated carbocycles. The van der Waals surface area contributed by atoms with E-state index in [0.29, 0.717) is 23.4 Å². The Balaban J connectivity index is 2.16. The average molecular weight is 310 g/mol. The first kappa shape index (κ1) is 16.5. The molecule has 1 aromatic rings. The summed E-state index contributed by atoms with van der Waals surface area (Å²) in [7, 11) is -3.40. The quantitative estimate of drug-likeness (QED) is 0.775. The first-order valence-electron chi connectivity index (χ1n) is 7.77. The van der Waals surface area contributed by atoms with Crippen LogP contribution in [-0.2, 0) is 23.0 Å². The third kappa shape index (κ3) is 4.80. The van der Waals surface area contributed by atoms with E-state index < -0.39 is 10.0 Å². The molecule has 1 fully saturated rings. The molecule has 1 aromatic carbocycles. The average Bonchev–Trinajstić information content (AvgIpc) is 3.27. The Morgan fingerprint density at radius 1 is 1.24 bits per heavy atom. The van der Waals surface area contributed by atoms with Crippen molar-refractivity contribution in [3.05, 3.63) is 29.3 Å². The van der Waals surface area contributed by atoms with E-state index in [1.807, 2.05) is 26.0 Å². The monoisotopic (exact) mass is 310 g/mol. The fourth-order valence-corrected chi connectivity index (χ4v) is 3.44. The van der Waals surface area contributed by atoms with Gasteiger partial charge in [0.25, 0.3) is 0 Å². The van der Waals surface area contributed by atoms with E-state index in [2.05, 4.69) is 17.0 Å². The van der Waals surface area contributed by atoms with Gasteiger partial charge < -0.3 is 5.32 Å². The minimum atomic E-state index is -3.40. The maximum atomic E-state index is 12.3. The second kappa shape index (κ2) is 6.90. The summed E-state index contributed by atoms with van der Waals surface area (Å²) in [4.78, 5) is 0.368. The Labute approximate surface area is 128 Å². The van der Waals surface area contributed by atoms with Gasteiger partial charge in [0.2, 0.25) is 10.0 Å². The normalized spacial score (nSPS) is 15.6. The first-order chi connectivity index (χ1) is 9.92. The summed E-state index contributed by atoms with van der Waals surface area (Å²) >= 11 is 0. The van der Waals surface area contributed by atoms with Crippen LogP contribution in [0.1, 0.15) is 44.7 Å². The maximum absolute atomic E-state index is 12.3. The van der Waals surface area contributed by atoms with E-state index in [0.717, 1.165) is 18.5 Å². The number of rotatable bonds is 8. The standard InChI is InChI=1S/C16H26N2O2S/c1-4-13-5-8-16(21(19,20)18-10-12(2)3)9-14(13)11-17-15-6-7-15/h5,8-9,12,15,17-18H,4,6-7,10-11H2,1-3H3. The van der Waals surface area contributed by atoms with E-state index >= 15 is 0 Å². The molecule has 0 aliphatic heterocycles. The Morgan fingerprint density at radius 2 is 1.95 bits per heavy atom. The molecule has 0 amide bonds. The SMILES string of the molecule is CCc1ccc(S(=O)(=O)NCC(C)C)cc1CNC1CC1. The van der Waals surface area contributed by atoms with Crippen LogP contribution >= 0.6 is 0 Å². The molecular weight excluding hydrogens is 284 g/mol. The first-order valence-corrected chi connectivity index (χ1v) is 9.25. The fraction of sp³-hybridized carbons (Fsp3) is 0.625. The van der Waals surface area contributed by atoms with Crippen LogP contribution in [0.5, 0.6) is 0 Å². The third-order valence-electron chi connectivity index (χ3n) is 3.71. The highest BCUT2D eigenvalue weighted by atomic mass is 32.2. The summed E-state index contributed by atoms with van der Waals surface area (Å²) in [6, 6.07) is 6.08. The van der Waals surface area contributed by atoms with Crippen molar-refractivity contribution >= 4 is 10.0 Å². The summed E-state index contributed by atoms with van der Waals surface area (Å²) in [5.74, 6) is 0.297. The molecule has 0 heterocycles. The van der Waals surface area contributed by atoms with Gasteiger partial charge in [-0.2, -0.15) is 0 Å². The lowest BCUT2D eigenvalue weighted by molar-refractivity contribution is 0.560. The lowest BCUT2D eigenvalue weighted by Crippen LogP contribution is -2.28. The molecule has 0 bridgehead atoms. The Bertz CT molecular complexity index is 578. The second-order valence-corrected chi connectivity index (χ2v) is 7.95. The summed E-state index contributed by atoms with van der Waals surface area (Å²) in [5, 5.41) is 3.46. The van der Waals surface area contributed by atoms with Gasteiger partial charge in [-0.05, 0) is 48.4 Å². The van der Waals surface area contributed by atoms with Gasteiger partial charge >= 0.3 is 0 Å². The highest BCUT2D eigenvalue weighted by Crippen LogP contribution is 2.21. The lowest BCUT2D eigenvalue weighted by Gasteiger charge is -2.13. The molecule has 0 unspecified atom stereocenters. The van der Waals surface area contributed by atoms with Crippen molar-refractivity contribution in [2.24, 2.45) is 5.92 Å². The van der Waals surface area contributed by atoms with Crippen LogP contribution in [0.3, 0.4) is 0 Å². The van der Waals surface area contributed by atoms with E-state index in [-0.39, 0.29) is 0 Å². The molecule has 4 nitrogen and oxygen atoms in total. The largest absolute Gasteiger partial charge is 0.310 e. The van der Waals surface area contributed by atoms with Crippen LogP contribution in [0.4, 0.5) is 0 Å². The van der Waals surface area contributed by atoms with Crippen LogP contribution in [-0.4, -0.2) is 21.0 Å². The van der Waals surface area contributed by atoms with Crippen LogP contribution in [0.2, 0.25) is 0 Å². The van der Waals surface area contributed by atoms with E-state index in [9.17, 15) is 8.42 Å². The Morgan fingerprint density at radius 3 is 2.52 bits per heavy atom. The second-order valence-electron chi connectivity index (χ2n) is 6.18. The highest BCUT2D eigenvalue weighted by molar-refractivity contribution is 7.89. The molecule has 2 rings (SSSR count). The van der Waals surface area contributed by atoms with Crippen molar-refractivity contribution < 1.29 is 8.42 Å². The zero-order chi connectivity index (χ0) is 15.5. The number of sulfonamides is 1. The van der Waals surface area contributed by atoms with Gasteiger partial charge in [-0.3, -0.25) is 0 Å². The van der Waals surface area contributed by atoms with Crippen molar-refractivity contribution in [3.8, 4) is 0 Å². The van der Waals surface area contributed by atoms with Crippen LogP contribution in [0.15, 0.2) is 23.1 Å².